The summed E-state index contributed by atoms with van der Waals surface area (Å²) in [6, 6.07) is 10.5. The van der Waals surface area contributed by atoms with E-state index in [-0.39, 0.29) is 42.0 Å². The van der Waals surface area contributed by atoms with E-state index in [9.17, 15) is 4.39 Å². The molecule has 1 N–H and O–H groups in total. The number of morpholine rings is 1. The number of benzene rings is 1. The van der Waals surface area contributed by atoms with Gasteiger partial charge >= 0.3 is 0 Å². The van der Waals surface area contributed by atoms with Crippen molar-refractivity contribution in [2.24, 2.45) is 4.99 Å². The number of hydrogen-bond acceptors (Lipinski definition) is 4. The molecule has 0 aliphatic carbocycles. The van der Waals surface area contributed by atoms with Gasteiger partial charge in [0.15, 0.2) is 5.96 Å². The third-order valence-electron chi connectivity index (χ3n) is 5.43. The van der Waals surface area contributed by atoms with Gasteiger partial charge in [-0.05, 0) is 50.1 Å². The fraction of sp³-hybridized carbons (Fsp3) is 0.375. The monoisotopic (exact) mass is 564 g/mol. The van der Waals surface area contributed by atoms with Crippen LogP contribution in [-0.4, -0.2) is 51.1 Å². The van der Waals surface area contributed by atoms with Crippen molar-refractivity contribution in [1.29, 1.82) is 0 Å². The second kappa shape index (κ2) is 11.6. The summed E-state index contributed by atoms with van der Waals surface area (Å²) in [7, 11) is 0. The Kier molecular flexibility index (Phi) is 8.79. The van der Waals surface area contributed by atoms with E-state index in [1.165, 1.54) is 12.1 Å². The fourth-order valence-electron chi connectivity index (χ4n) is 3.85. The summed E-state index contributed by atoms with van der Waals surface area (Å²) in [4.78, 5) is 15.9. The molecular weight excluding hydrogens is 534 g/mol. The zero-order valence-electron chi connectivity index (χ0n) is 19.1. The molecule has 176 valence electrons. The lowest BCUT2D eigenvalue weighted by molar-refractivity contribution is -0.0605. The summed E-state index contributed by atoms with van der Waals surface area (Å²) in [6.45, 7) is 8.73. The number of aromatic nitrogens is 3. The highest BCUT2D eigenvalue weighted by Crippen LogP contribution is 2.25. The molecule has 2 atom stereocenters. The number of nitrogens with one attached hydrogen (secondary N) is 1. The Hall–Kier alpha value is -2.53. The van der Waals surface area contributed by atoms with Gasteiger partial charge in [0.05, 0.1) is 19.2 Å². The van der Waals surface area contributed by atoms with Crippen molar-refractivity contribution < 1.29 is 9.13 Å². The lowest BCUT2D eigenvalue weighted by Crippen LogP contribution is -2.50. The lowest BCUT2D eigenvalue weighted by atomic mass is 10.1. The van der Waals surface area contributed by atoms with E-state index in [1.807, 2.05) is 42.9 Å². The molecule has 33 heavy (non-hydrogen) atoms. The summed E-state index contributed by atoms with van der Waals surface area (Å²) in [5.41, 5.74) is 1.99. The molecule has 0 radical (unpaired) electrons. The summed E-state index contributed by atoms with van der Waals surface area (Å²) >= 11 is 0. The molecule has 0 bridgehead atoms. The minimum Gasteiger partial charge on any atom is -0.367 e. The summed E-state index contributed by atoms with van der Waals surface area (Å²) < 4.78 is 21.4. The third-order valence-corrected chi connectivity index (χ3v) is 5.43. The Morgan fingerprint density at radius 2 is 1.97 bits per heavy atom. The molecule has 1 fully saturated rings. The van der Waals surface area contributed by atoms with Gasteiger partial charge < -0.3 is 15.0 Å². The maximum absolute atomic E-state index is 13.3. The Labute approximate surface area is 211 Å². The van der Waals surface area contributed by atoms with Crippen LogP contribution in [0, 0.1) is 12.7 Å². The van der Waals surface area contributed by atoms with Crippen LogP contribution < -0.4 is 5.32 Å². The van der Waals surface area contributed by atoms with Gasteiger partial charge in [-0.1, -0.05) is 18.2 Å². The van der Waals surface area contributed by atoms with Crippen LogP contribution >= 0.6 is 24.0 Å². The lowest BCUT2D eigenvalue weighted by Gasteiger charge is -2.38. The summed E-state index contributed by atoms with van der Waals surface area (Å²) in [5, 5.41) is 3.39. The van der Waals surface area contributed by atoms with Crippen LogP contribution in [-0.2, 0) is 11.3 Å². The third kappa shape index (κ3) is 6.29. The smallest absolute Gasteiger partial charge is 0.194 e. The number of aliphatic imine (C=N–C) groups is 1. The predicted octanol–water partition coefficient (Wildman–Crippen LogP) is 4.26. The first-order valence-electron chi connectivity index (χ1n) is 10.9. The number of hydrogen-bond donors (Lipinski definition) is 1. The minimum atomic E-state index is -0.243. The molecular formula is C24H30FIN6O. The number of ether oxygens (including phenoxy) is 1. The van der Waals surface area contributed by atoms with E-state index in [0.29, 0.717) is 13.1 Å². The van der Waals surface area contributed by atoms with Gasteiger partial charge in [-0.2, -0.15) is 0 Å². The van der Waals surface area contributed by atoms with Gasteiger partial charge in [0, 0.05) is 31.7 Å². The molecule has 7 nitrogen and oxygen atoms in total. The number of imidazole rings is 1. The standard InChI is InChI=1S/C24H29FN6O.HI/c1-4-26-24(29-14-19-5-10-23(28-13-19)31-12-11-27-18(31)3)30-15-17(2)32-22(16-30)20-6-8-21(25)9-7-20;/h5-13,17,22H,4,14-16H2,1-3H3,(H,26,29);1H. The zero-order valence-corrected chi connectivity index (χ0v) is 21.4. The van der Waals surface area contributed by atoms with Crippen LogP contribution in [0.1, 0.15) is 36.9 Å². The zero-order chi connectivity index (χ0) is 22.5. The van der Waals surface area contributed by atoms with Gasteiger partial charge in [-0.3, -0.25) is 4.57 Å². The summed E-state index contributed by atoms with van der Waals surface area (Å²) in [5.74, 6) is 2.33. The van der Waals surface area contributed by atoms with Crippen LogP contribution in [0.3, 0.4) is 0 Å². The second-order valence-electron chi connectivity index (χ2n) is 7.93. The van der Waals surface area contributed by atoms with E-state index < -0.39 is 0 Å². The molecule has 3 aromatic rings. The molecule has 1 aromatic carbocycles. The highest BCUT2D eigenvalue weighted by atomic mass is 127. The highest BCUT2D eigenvalue weighted by Gasteiger charge is 2.28. The Morgan fingerprint density at radius 1 is 1.18 bits per heavy atom. The molecule has 1 aliphatic rings. The molecule has 2 unspecified atom stereocenters. The quantitative estimate of drug-likeness (QED) is 0.285. The maximum atomic E-state index is 13.3. The normalized spacial score (nSPS) is 18.7. The molecule has 3 heterocycles. The number of pyridine rings is 1. The van der Waals surface area contributed by atoms with E-state index in [0.717, 1.165) is 41.8 Å². The minimum absolute atomic E-state index is 0. The molecule has 9 heteroatoms. The van der Waals surface area contributed by atoms with Gasteiger partial charge in [-0.15, -0.1) is 24.0 Å². The molecule has 1 saturated heterocycles. The number of halogens is 2. The van der Waals surface area contributed by atoms with Gasteiger partial charge in [0.25, 0.3) is 0 Å². The highest BCUT2D eigenvalue weighted by molar-refractivity contribution is 14.0. The number of nitrogens with zero attached hydrogens (tertiary/aromatic N) is 5. The van der Waals surface area contributed by atoms with Crippen molar-refractivity contribution in [3.8, 4) is 5.82 Å². The first-order valence-corrected chi connectivity index (χ1v) is 10.9. The summed E-state index contributed by atoms with van der Waals surface area (Å²) in [6.07, 6.45) is 5.41. The first kappa shape index (κ1) is 25.1. The van der Waals surface area contributed by atoms with Crippen molar-refractivity contribution in [3.05, 3.63) is 77.8 Å². The molecule has 4 rings (SSSR count). The predicted molar refractivity (Wildman–Crippen MR) is 138 cm³/mol. The number of aryl methyl sites for hydroxylation is 1. The van der Waals surface area contributed by atoms with Crippen molar-refractivity contribution >= 4 is 29.9 Å². The fourth-order valence-corrected chi connectivity index (χ4v) is 3.85. The molecule has 0 amide bonds. The Morgan fingerprint density at radius 3 is 2.61 bits per heavy atom. The van der Waals surface area contributed by atoms with Crippen molar-refractivity contribution in [2.75, 3.05) is 19.6 Å². The van der Waals surface area contributed by atoms with Crippen molar-refractivity contribution in [1.82, 2.24) is 24.8 Å². The van der Waals surface area contributed by atoms with Gasteiger partial charge in [0.1, 0.15) is 23.6 Å². The average Bonchev–Trinajstić information content (AvgIpc) is 3.23. The van der Waals surface area contributed by atoms with E-state index in [2.05, 4.69) is 27.1 Å². The topological polar surface area (TPSA) is 67.6 Å². The van der Waals surface area contributed by atoms with Gasteiger partial charge in [0.2, 0.25) is 0 Å². The molecule has 0 saturated carbocycles. The maximum Gasteiger partial charge on any atom is 0.194 e. The van der Waals surface area contributed by atoms with Crippen LogP contribution in [0.2, 0.25) is 0 Å². The number of rotatable bonds is 5. The number of guanidine groups is 1. The first-order chi connectivity index (χ1) is 15.5. The van der Waals surface area contributed by atoms with E-state index >= 15 is 0 Å². The van der Waals surface area contributed by atoms with E-state index in [4.69, 9.17) is 9.73 Å². The Bertz CT molecular complexity index is 1050. The largest absolute Gasteiger partial charge is 0.367 e. The van der Waals surface area contributed by atoms with Crippen LogP contribution in [0.5, 0.6) is 0 Å². The van der Waals surface area contributed by atoms with Crippen molar-refractivity contribution in [2.45, 2.75) is 39.5 Å². The Balaban J connectivity index is 0.00000306. The molecule has 2 aromatic heterocycles. The molecule has 1 aliphatic heterocycles. The van der Waals surface area contributed by atoms with E-state index in [1.54, 1.807) is 18.3 Å². The van der Waals surface area contributed by atoms with Crippen LogP contribution in [0.4, 0.5) is 4.39 Å². The van der Waals surface area contributed by atoms with Crippen molar-refractivity contribution in [3.63, 3.8) is 0 Å². The SMILES string of the molecule is CCNC(=NCc1ccc(-n2ccnc2C)nc1)N1CC(C)OC(c2ccc(F)cc2)C1.I. The van der Waals surface area contributed by atoms with Crippen LogP contribution in [0.25, 0.3) is 5.82 Å². The second-order valence-corrected chi connectivity index (χ2v) is 7.93. The average molecular weight is 564 g/mol. The van der Waals surface area contributed by atoms with Crippen LogP contribution in [0.15, 0.2) is 60.0 Å². The van der Waals surface area contributed by atoms with Gasteiger partial charge in [-0.25, -0.2) is 19.4 Å². The molecule has 0 spiro atoms.